The lowest BCUT2D eigenvalue weighted by Gasteiger charge is -2.12. The fraction of sp³-hybridized carbons (Fsp3) is 0.286. The first kappa shape index (κ1) is 12.0. The Morgan fingerprint density at radius 1 is 1.00 bits per heavy atom. The Kier molecular flexibility index (Phi) is 3.11. The molecule has 88 valence electrons. The number of H-pyrrole nitrogens is 1. The second-order valence-electron chi connectivity index (χ2n) is 4.49. The van der Waals surface area contributed by atoms with Crippen molar-refractivity contribution in [1.29, 1.82) is 0 Å². The smallest absolute Gasteiger partial charge is 0.130 e. The summed E-state index contributed by atoms with van der Waals surface area (Å²) in [5.41, 5.74) is 6.09. The van der Waals surface area contributed by atoms with Crippen LogP contribution in [0.1, 0.15) is 22.5 Å². The van der Waals surface area contributed by atoms with Crippen molar-refractivity contribution in [3.05, 3.63) is 45.4 Å². The largest absolute Gasteiger partial charge is 0.343 e. The van der Waals surface area contributed by atoms with Crippen LogP contribution in [0.3, 0.4) is 0 Å². The maximum Gasteiger partial charge on any atom is 0.130 e. The molecule has 1 aromatic heterocycles. The minimum atomic E-state index is 0.635. The molecule has 17 heavy (non-hydrogen) atoms. The average Bonchev–Trinajstić information content (AvgIpc) is 2.13. The first-order chi connectivity index (χ1) is 7.97. The summed E-state index contributed by atoms with van der Waals surface area (Å²) in [5.74, 6) is 0.854. The number of aromatic nitrogens is 2. The molecule has 0 spiro atoms. The summed E-state index contributed by atoms with van der Waals surface area (Å²) >= 11 is 5.17. The van der Waals surface area contributed by atoms with Crippen molar-refractivity contribution in [2.45, 2.75) is 27.7 Å². The minimum Gasteiger partial charge on any atom is -0.343 e. The van der Waals surface area contributed by atoms with E-state index in [1.807, 2.05) is 13.0 Å². The van der Waals surface area contributed by atoms with Crippen LogP contribution in [0.25, 0.3) is 11.3 Å². The quantitative estimate of drug-likeness (QED) is 0.767. The van der Waals surface area contributed by atoms with Gasteiger partial charge in [0.2, 0.25) is 0 Å². The number of aromatic amines is 1. The Morgan fingerprint density at radius 2 is 1.59 bits per heavy atom. The van der Waals surface area contributed by atoms with Crippen LogP contribution in [0.15, 0.2) is 18.2 Å². The maximum absolute atomic E-state index is 5.17. The zero-order chi connectivity index (χ0) is 12.6. The van der Waals surface area contributed by atoms with Crippen molar-refractivity contribution in [3.8, 4) is 11.3 Å². The zero-order valence-electron chi connectivity index (χ0n) is 10.6. The number of benzene rings is 1. The average molecular weight is 244 g/mol. The molecule has 0 bridgehead atoms. The van der Waals surface area contributed by atoms with Crippen LogP contribution in [-0.4, -0.2) is 9.97 Å². The van der Waals surface area contributed by atoms with Crippen LogP contribution in [-0.2, 0) is 0 Å². The summed E-state index contributed by atoms with van der Waals surface area (Å²) in [6.07, 6.45) is 0. The van der Waals surface area contributed by atoms with E-state index in [0.717, 1.165) is 11.5 Å². The molecular formula is C14H16N2S. The molecule has 1 N–H and O–H groups in total. The second-order valence-corrected chi connectivity index (χ2v) is 4.91. The van der Waals surface area contributed by atoms with Gasteiger partial charge < -0.3 is 4.98 Å². The van der Waals surface area contributed by atoms with E-state index < -0.39 is 0 Å². The molecule has 0 aliphatic rings. The molecule has 0 amide bonds. The number of aryl methyl sites for hydroxylation is 4. The van der Waals surface area contributed by atoms with Gasteiger partial charge in [-0.2, -0.15) is 0 Å². The van der Waals surface area contributed by atoms with Gasteiger partial charge in [0.05, 0.1) is 5.69 Å². The molecule has 0 fully saturated rings. The molecule has 0 saturated carbocycles. The van der Waals surface area contributed by atoms with E-state index in [-0.39, 0.29) is 0 Å². The third-order valence-corrected chi connectivity index (χ3v) is 3.02. The lowest BCUT2D eigenvalue weighted by molar-refractivity contribution is 1.04. The zero-order valence-corrected chi connectivity index (χ0v) is 11.4. The number of hydrogen-bond acceptors (Lipinski definition) is 2. The summed E-state index contributed by atoms with van der Waals surface area (Å²) < 4.78 is 0.635. The third kappa shape index (κ3) is 2.44. The maximum atomic E-state index is 5.17. The van der Waals surface area contributed by atoms with Gasteiger partial charge in [-0.25, -0.2) is 4.98 Å². The molecule has 0 aliphatic heterocycles. The van der Waals surface area contributed by atoms with Crippen molar-refractivity contribution >= 4 is 12.2 Å². The van der Waals surface area contributed by atoms with Gasteiger partial charge in [-0.3, -0.25) is 0 Å². The SMILES string of the molecule is Cc1cc(C)c(-c2cc(=S)nc(C)[nH]2)c(C)c1. The van der Waals surface area contributed by atoms with Crippen LogP contribution in [0.2, 0.25) is 0 Å². The van der Waals surface area contributed by atoms with Crippen molar-refractivity contribution in [2.24, 2.45) is 0 Å². The highest BCUT2D eigenvalue weighted by Crippen LogP contribution is 2.26. The molecule has 3 heteroatoms. The Labute approximate surface area is 107 Å². The lowest BCUT2D eigenvalue weighted by Crippen LogP contribution is -1.96. The van der Waals surface area contributed by atoms with E-state index in [1.165, 1.54) is 22.3 Å². The molecular weight excluding hydrogens is 228 g/mol. The minimum absolute atomic E-state index is 0.635. The summed E-state index contributed by atoms with van der Waals surface area (Å²) in [5, 5.41) is 0. The Balaban J connectivity index is 2.72. The van der Waals surface area contributed by atoms with Crippen molar-refractivity contribution in [2.75, 3.05) is 0 Å². The first-order valence-corrected chi connectivity index (χ1v) is 6.04. The molecule has 1 aromatic carbocycles. The predicted octanol–water partition coefficient (Wildman–Crippen LogP) is 4.04. The van der Waals surface area contributed by atoms with Gasteiger partial charge in [0.15, 0.2) is 0 Å². The first-order valence-electron chi connectivity index (χ1n) is 5.63. The molecule has 0 aliphatic carbocycles. The standard InChI is InChI=1S/C14H16N2S/c1-8-5-9(2)14(10(3)6-8)12-7-13(17)16-11(4)15-12/h5-7H,1-4H3,(H,15,16,17). The Morgan fingerprint density at radius 3 is 2.12 bits per heavy atom. The van der Waals surface area contributed by atoms with Gasteiger partial charge in [-0.1, -0.05) is 29.9 Å². The second kappa shape index (κ2) is 4.41. The lowest BCUT2D eigenvalue weighted by atomic mass is 9.97. The molecule has 1 heterocycles. The summed E-state index contributed by atoms with van der Waals surface area (Å²) in [4.78, 5) is 7.48. The van der Waals surface area contributed by atoms with E-state index >= 15 is 0 Å². The van der Waals surface area contributed by atoms with Gasteiger partial charge in [-0.15, -0.1) is 0 Å². The molecule has 2 rings (SSSR count). The fourth-order valence-corrected chi connectivity index (χ4v) is 2.57. The molecule has 0 unspecified atom stereocenters. The van der Waals surface area contributed by atoms with Crippen LogP contribution in [0, 0.1) is 32.3 Å². The normalized spacial score (nSPS) is 10.6. The van der Waals surface area contributed by atoms with Crippen LogP contribution in [0.5, 0.6) is 0 Å². The number of hydrogen-bond donors (Lipinski definition) is 1. The Hall–Kier alpha value is -1.48. The van der Waals surface area contributed by atoms with Crippen LogP contribution in [0.4, 0.5) is 0 Å². The number of nitrogens with one attached hydrogen (secondary N) is 1. The number of rotatable bonds is 1. The van der Waals surface area contributed by atoms with E-state index in [1.54, 1.807) is 0 Å². The van der Waals surface area contributed by atoms with Gasteiger partial charge in [0.1, 0.15) is 10.5 Å². The van der Waals surface area contributed by atoms with Gasteiger partial charge >= 0.3 is 0 Å². The monoisotopic (exact) mass is 244 g/mol. The van der Waals surface area contributed by atoms with E-state index in [4.69, 9.17) is 12.2 Å². The predicted molar refractivity (Wildman–Crippen MR) is 73.8 cm³/mol. The fourth-order valence-electron chi connectivity index (χ4n) is 2.32. The summed E-state index contributed by atoms with van der Waals surface area (Å²) in [7, 11) is 0. The van der Waals surface area contributed by atoms with Gasteiger partial charge in [0, 0.05) is 5.56 Å². The topological polar surface area (TPSA) is 28.7 Å². The van der Waals surface area contributed by atoms with Crippen molar-refractivity contribution in [1.82, 2.24) is 9.97 Å². The molecule has 0 saturated heterocycles. The molecule has 0 atom stereocenters. The van der Waals surface area contributed by atoms with Gasteiger partial charge in [-0.05, 0) is 44.9 Å². The van der Waals surface area contributed by atoms with E-state index in [9.17, 15) is 0 Å². The highest BCUT2D eigenvalue weighted by atomic mass is 32.1. The van der Waals surface area contributed by atoms with Gasteiger partial charge in [0.25, 0.3) is 0 Å². The number of nitrogens with zero attached hydrogens (tertiary/aromatic N) is 1. The molecule has 2 nitrogen and oxygen atoms in total. The van der Waals surface area contributed by atoms with Crippen LogP contribution >= 0.6 is 12.2 Å². The highest BCUT2D eigenvalue weighted by Gasteiger charge is 2.07. The molecule has 0 radical (unpaired) electrons. The van der Waals surface area contributed by atoms with E-state index in [0.29, 0.717) is 4.64 Å². The van der Waals surface area contributed by atoms with E-state index in [2.05, 4.69) is 42.9 Å². The molecule has 2 aromatic rings. The Bertz CT molecular complexity index is 603. The summed E-state index contributed by atoms with van der Waals surface area (Å²) in [6.45, 7) is 8.30. The van der Waals surface area contributed by atoms with Crippen molar-refractivity contribution in [3.63, 3.8) is 0 Å². The van der Waals surface area contributed by atoms with Crippen molar-refractivity contribution < 1.29 is 0 Å². The highest BCUT2D eigenvalue weighted by molar-refractivity contribution is 7.71. The third-order valence-electron chi connectivity index (χ3n) is 2.81. The summed E-state index contributed by atoms with van der Waals surface area (Å²) in [6, 6.07) is 6.30. The van der Waals surface area contributed by atoms with Crippen LogP contribution < -0.4 is 0 Å².